The highest BCUT2D eigenvalue weighted by atomic mass is 16.7. The first kappa shape index (κ1) is 31.7. The number of benzene rings is 3. The van der Waals surface area contributed by atoms with Gasteiger partial charge in [0.15, 0.2) is 0 Å². The molecule has 9 heteroatoms. The molecule has 228 valence electrons. The fraction of sp³-hybridized carbons (Fsp3) is 0.412. The van der Waals surface area contributed by atoms with Gasteiger partial charge in [0.1, 0.15) is 17.6 Å². The van der Waals surface area contributed by atoms with Gasteiger partial charge >= 0.3 is 5.97 Å². The lowest BCUT2D eigenvalue weighted by molar-refractivity contribution is -0.384. The molecule has 4 aromatic rings. The number of carbonyl (C=O) groups excluding carboxylic acids is 1. The summed E-state index contributed by atoms with van der Waals surface area (Å²) in [5.74, 6) is 0.649. The second-order valence-electron chi connectivity index (χ2n) is 11.1. The molecule has 0 fully saturated rings. The van der Waals surface area contributed by atoms with Crippen molar-refractivity contribution in [3.8, 4) is 5.75 Å². The van der Waals surface area contributed by atoms with Gasteiger partial charge in [0, 0.05) is 65.6 Å². The lowest BCUT2D eigenvalue weighted by Crippen LogP contribution is -2.18. The summed E-state index contributed by atoms with van der Waals surface area (Å²) in [5.41, 5.74) is 4.84. The van der Waals surface area contributed by atoms with Crippen molar-refractivity contribution in [3.63, 3.8) is 0 Å². The van der Waals surface area contributed by atoms with Crippen LogP contribution in [0, 0.1) is 23.0 Å². The minimum absolute atomic E-state index is 0.0397. The van der Waals surface area contributed by atoms with Crippen LogP contribution in [0.5, 0.6) is 5.75 Å². The summed E-state index contributed by atoms with van der Waals surface area (Å²) in [6.45, 7) is 10.9. The minimum atomic E-state index is -0.533. The molecule has 0 radical (unpaired) electrons. The SMILES string of the molecule is CCCCC(CC)Cn1c2ccc(C(=NOC(C)=O)c3ccc(OC(C)COC)cc3C)cc2c2cc([N+](=O)[O-])ccc21. The molecule has 43 heavy (non-hydrogen) atoms. The van der Waals surface area contributed by atoms with Crippen molar-refractivity contribution in [1.82, 2.24) is 4.57 Å². The maximum Gasteiger partial charge on any atom is 0.332 e. The van der Waals surface area contributed by atoms with E-state index in [9.17, 15) is 14.9 Å². The standard InChI is InChI=1S/C34H41N3O6/c1-7-9-10-25(8-2)20-36-32-15-11-26(18-30(32)31-19-27(37(39)40)12-16-33(31)36)34(35-43-24(5)38)29-14-13-28(17-22(29)3)42-23(4)21-41-6/h11-19,23,25H,7-10,20-21H2,1-6H3. The molecule has 2 unspecified atom stereocenters. The highest BCUT2D eigenvalue weighted by molar-refractivity contribution is 6.17. The maximum absolute atomic E-state index is 11.8. The topological polar surface area (TPSA) is 105 Å². The number of unbranched alkanes of at least 4 members (excludes halogenated alkanes) is 1. The van der Waals surface area contributed by atoms with Gasteiger partial charge in [-0.2, -0.15) is 0 Å². The number of aryl methyl sites for hydroxylation is 1. The third kappa shape index (κ3) is 7.40. The van der Waals surface area contributed by atoms with Gasteiger partial charge in [-0.25, -0.2) is 4.79 Å². The molecule has 2 atom stereocenters. The van der Waals surface area contributed by atoms with Crippen LogP contribution in [-0.2, 0) is 20.9 Å². The highest BCUT2D eigenvalue weighted by Gasteiger charge is 2.20. The number of ether oxygens (including phenoxy) is 2. The Morgan fingerprint density at radius 1 is 1.05 bits per heavy atom. The van der Waals surface area contributed by atoms with Gasteiger partial charge < -0.3 is 18.9 Å². The number of nitro benzene ring substituents is 1. The molecule has 0 saturated carbocycles. The van der Waals surface area contributed by atoms with Gasteiger partial charge in [-0.3, -0.25) is 10.1 Å². The molecule has 1 aromatic heterocycles. The van der Waals surface area contributed by atoms with Gasteiger partial charge in [0.05, 0.1) is 11.5 Å². The Balaban J connectivity index is 1.86. The first-order valence-electron chi connectivity index (χ1n) is 14.9. The Bertz CT molecular complexity index is 1640. The van der Waals surface area contributed by atoms with Crippen LogP contribution in [0.3, 0.4) is 0 Å². The zero-order valence-corrected chi connectivity index (χ0v) is 25.9. The molecule has 0 saturated heterocycles. The summed E-state index contributed by atoms with van der Waals surface area (Å²) in [6, 6.07) is 16.7. The zero-order chi connectivity index (χ0) is 31.1. The molecular weight excluding hydrogens is 546 g/mol. The lowest BCUT2D eigenvalue weighted by atomic mass is 9.96. The van der Waals surface area contributed by atoms with E-state index in [2.05, 4.69) is 23.6 Å². The van der Waals surface area contributed by atoms with Crippen molar-refractivity contribution in [2.75, 3.05) is 13.7 Å². The van der Waals surface area contributed by atoms with E-state index in [0.29, 0.717) is 24.0 Å². The van der Waals surface area contributed by atoms with Gasteiger partial charge in [0.25, 0.3) is 5.69 Å². The Kier molecular flexibility index (Phi) is 10.5. The first-order chi connectivity index (χ1) is 20.7. The second kappa shape index (κ2) is 14.3. The van der Waals surface area contributed by atoms with Crippen molar-refractivity contribution in [2.24, 2.45) is 11.1 Å². The number of aromatic nitrogens is 1. The van der Waals surface area contributed by atoms with Crippen molar-refractivity contribution in [1.29, 1.82) is 0 Å². The predicted molar refractivity (Wildman–Crippen MR) is 170 cm³/mol. The Hall–Kier alpha value is -4.24. The van der Waals surface area contributed by atoms with E-state index >= 15 is 0 Å². The Morgan fingerprint density at radius 3 is 2.40 bits per heavy atom. The number of carbonyl (C=O) groups is 1. The molecule has 0 spiro atoms. The molecule has 1 heterocycles. The summed E-state index contributed by atoms with van der Waals surface area (Å²) in [4.78, 5) is 28.3. The lowest BCUT2D eigenvalue weighted by Gasteiger charge is -2.17. The van der Waals surface area contributed by atoms with Crippen LogP contribution in [-0.4, -0.2) is 41.0 Å². The summed E-state index contributed by atoms with van der Waals surface area (Å²) >= 11 is 0. The Labute approximate surface area is 252 Å². The van der Waals surface area contributed by atoms with Crippen LogP contribution >= 0.6 is 0 Å². The molecule has 0 aliphatic rings. The quantitative estimate of drug-likeness (QED) is 0.0641. The fourth-order valence-electron chi connectivity index (χ4n) is 5.57. The summed E-state index contributed by atoms with van der Waals surface area (Å²) in [7, 11) is 1.63. The Morgan fingerprint density at radius 2 is 1.77 bits per heavy atom. The second-order valence-corrected chi connectivity index (χ2v) is 11.1. The first-order valence-corrected chi connectivity index (χ1v) is 14.9. The molecule has 0 bridgehead atoms. The van der Waals surface area contributed by atoms with Crippen molar-refractivity contribution in [3.05, 3.63) is 81.4 Å². The number of methoxy groups -OCH3 is 1. The summed E-state index contributed by atoms with van der Waals surface area (Å²) in [6.07, 6.45) is 4.36. The highest BCUT2D eigenvalue weighted by Crippen LogP contribution is 2.35. The minimum Gasteiger partial charge on any atom is -0.488 e. The van der Waals surface area contributed by atoms with Gasteiger partial charge in [-0.05, 0) is 68.1 Å². The van der Waals surface area contributed by atoms with E-state index in [1.54, 1.807) is 19.2 Å². The third-order valence-electron chi connectivity index (χ3n) is 7.77. The van der Waals surface area contributed by atoms with Gasteiger partial charge in [-0.15, -0.1) is 0 Å². The molecule has 0 aliphatic carbocycles. The number of fused-ring (bicyclic) bond motifs is 3. The van der Waals surface area contributed by atoms with E-state index in [-0.39, 0.29) is 16.7 Å². The van der Waals surface area contributed by atoms with E-state index in [0.717, 1.165) is 70.7 Å². The summed E-state index contributed by atoms with van der Waals surface area (Å²) < 4.78 is 13.4. The molecular formula is C34H41N3O6. The average molecular weight is 588 g/mol. The maximum atomic E-state index is 11.8. The third-order valence-corrected chi connectivity index (χ3v) is 7.77. The monoisotopic (exact) mass is 587 g/mol. The van der Waals surface area contributed by atoms with Crippen LogP contribution < -0.4 is 4.74 Å². The average Bonchev–Trinajstić information content (AvgIpc) is 3.28. The zero-order valence-electron chi connectivity index (χ0n) is 25.9. The van der Waals surface area contributed by atoms with Gasteiger partial charge in [-0.1, -0.05) is 44.3 Å². The van der Waals surface area contributed by atoms with Crippen LogP contribution in [0.25, 0.3) is 21.8 Å². The van der Waals surface area contributed by atoms with Crippen LogP contribution in [0.2, 0.25) is 0 Å². The van der Waals surface area contributed by atoms with Crippen molar-refractivity contribution in [2.45, 2.75) is 73.0 Å². The fourth-order valence-corrected chi connectivity index (χ4v) is 5.57. The molecule has 0 amide bonds. The van der Waals surface area contributed by atoms with E-state index in [1.807, 2.05) is 56.3 Å². The molecule has 4 rings (SSSR count). The predicted octanol–water partition coefficient (Wildman–Crippen LogP) is 7.96. The smallest absolute Gasteiger partial charge is 0.332 e. The number of rotatable bonds is 14. The number of oxime groups is 1. The van der Waals surface area contributed by atoms with Crippen molar-refractivity contribution >= 4 is 39.2 Å². The normalized spacial score (nSPS) is 13.3. The van der Waals surface area contributed by atoms with Crippen LogP contribution in [0.1, 0.15) is 70.1 Å². The number of nitrogens with zero attached hydrogens (tertiary/aromatic N) is 3. The van der Waals surface area contributed by atoms with Crippen LogP contribution in [0.15, 0.2) is 59.8 Å². The van der Waals surface area contributed by atoms with E-state index in [4.69, 9.17) is 14.3 Å². The molecule has 0 aliphatic heterocycles. The van der Waals surface area contributed by atoms with Crippen molar-refractivity contribution < 1.29 is 24.0 Å². The van der Waals surface area contributed by atoms with E-state index in [1.165, 1.54) is 6.92 Å². The molecule has 3 aromatic carbocycles. The number of hydrogen-bond acceptors (Lipinski definition) is 7. The molecule has 0 N–H and O–H groups in total. The number of nitro groups is 1. The summed E-state index contributed by atoms with van der Waals surface area (Å²) in [5, 5.41) is 17.7. The number of non-ortho nitro benzene ring substituents is 1. The van der Waals surface area contributed by atoms with E-state index < -0.39 is 5.97 Å². The number of hydrogen-bond donors (Lipinski definition) is 0. The molecule has 9 nitrogen and oxygen atoms in total. The largest absolute Gasteiger partial charge is 0.488 e. The van der Waals surface area contributed by atoms with Crippen LogP contribution in [0.4, 0.5) is 5.69 Å². The van der Waals surface area contributed by atoms with Gasteiger partial charge in [0.2, 0.25) is 0 Å².